The van der Waals surface area contributed by atoms with Gasteiger partial charge in [-0.3, -0.25) is 10.2 Å². The Labute approximate surface area is 93.2 Å². The van der Waals surface area contributed by atoms with Crippen LogP contribution in [0, 0.1) is 0 Å². The molecule has 1 atom stereocenters. The quantitative estimate of drug-likeness (QED) is 0.563. The lowest BCUT2D eigenvalue weighted by Gasteiger charge is -2.42. The zero-order valence-electron chi connectivity index (χ0n) is 10.1. The summed E-state index contributed by atoms with van der Waals surface area (Å²) in [5, 5.41) is 7.12. The third-order valence-corrected chi connectivity index (χ3v) is 3.58. The highest BCUT2D eigenvalue weighted by Gasteiger charge is 2.30. The van der Waals surface area contributed by atoms with E-state index in [4.69, 9.17) is 0 Å². The van der Waals surface area contributed by atoms with Gasteiger partial charge in [0.05, 0.1) is 20.6 Å². The molecule has 15 heavy (non-hydrogen) atoms. The fourth-order valence-corrected chi connectivity index (χ4v) is 2.58. The van der Waals surface area contributed by atoms with Crippen LogP contribution in [0.15, 0.2) is 0 Å². The average molecular weight is 213 g/mol. The van der Waals surface area contributed by atoms with E-state index in [1.807, 2.05) is 0 Å². The van der Waals surface area contributed by atoms with Crippen molar-refractivity contribution < 1.29 is 4.48 Å². The lowest BCUT2D eigenvalue weighted by atomic mass is 10.2. The van der Waals surface area contributed by atoms with Crippen LogP contribution in [-0.4, -0.2) is 75.5 Å². The molecule has 0 aromatic rings. The fraction of sp³-hybridized carbons (Fsp3) is 1.00. The van der Waals surface area contributed by atoms with E-state index in [2.05, 4.69) is 29.6 Å². The van der Waals surface area contributed by atoms with Gasteiger partial charge in [0.25, 0.3) is 0 Å². The molecule has 88 valence electrons. The SMILES string of the molecule is C[N+]1(C)CCNC(N2CCCNCC2)C1. The Morgan fingerprint density at radius 1 is 1.13 bits per heavy atom. The summed E-state index contributed by atoms with van der Waals surface area (Å²) >= 11 is 0. The van der Waals surface area contributed by atoms with Gasteiger partial charge >= 0.3 is 0 Å². The molecule has 2 saturated heterocycles. The van der Waals surface area contributed by atoms with Crippen molar-refractivity contribution in [3.8, 4) is 0 Å². The lowest BCUT2D eigenvalue weighted by molar-refractivity contribution is -0.896. The van der Waals surface area contributed by atoms with Crippen molar-refractivity contribution in [2.24, 2.45) is 0 Å². The first-order valence-electron chi connectivity index (χ1n) is 6.18. The molecule has 2 heterocycles. The average Bonchev–Trinajstić information content (AvgIpc) is 2.44. The summed E-state index contributed by atoms with van der Waals surface area (Å²) in [5.74, 6) is 0. The van der Waals surface area contributed by atoms with Gasteiger partial charge in [-0.25, -0.2) is 0 Å². The Morgan fingerprint density at radius 2 is 2.00 bits per heavy atom. The van der Waals surface area contributed by atoms with Crippen molar-refractivity contribution >= 4 is 0 Å². The molecule has 0 amide bonds. The van der Waals surface area contributed by atoms with Crippen molar-refractivity contribution in [3.63, 3.8) is 0 Å². The molecule has 0 saturated carbocycles. The second kappa shape index (κ2) is 4.78. The molecule has 1 unspecified atom stereocenters. The molecule has 2 rings (SSSR count). The van der Waals surface area contributed by atoms with E-state index >= 15 is 0 Å². The molecule has 2 fully saturated rings. The maximum absolute atomic E-state index is 3.65. The van der Waals surface area contributed by atoms with Gasteiger partial charge in [-0.05, 0) is 13.0 Å². The number of nitrogens with zero attached hydrogens (tertiary/aromatic N) is 2. The maximum atomic E-state index is 3.65. The number of rotatable bonds is 1. The Balaban J connectivity index is 1.90. The molecule has 0 aromatic heterocycles. The van der Waals surface area contributed by atoms with Gasteiger partial charge in [-0.1, -0.05) is 0 Å². The van der Waals surface area contributed by atoms with Gasteiger partial charge < -0.3 is 9.80 Å². The van der Waals surface area contributed by atoms with Crippen LogP contribution >= 0.6 is 0 Å². The first-order chi connectivity index (χ1) is 7.17. The summed E-state index contributed by atoms with van der Waals surface area (Å²) < 4.78 is 1.15. The third kappa shape index (κ3) is 3.14. The third-order valence-electron chi connectivity index (χ3n) is 3.58. The summed E-state index contributed by atoms with van der Waals surface area (Å²) in [7, 11) is 4.67. The van der Waals surface area contributed by atoms with Gasteiger partial charge in [-0.2, -0.15) is 0 Å². The van der Waals surface area contributed by atoms with Crippen LogP contribution in [0.5, 0.6) is 0 Å². The predicted molar refractivity (Wildman–Crippen MR) is 62.7 cm³/mol. The van der Waals surface area contributed by atoms with Crippen molar-refractivity contribution in [2.75, 3.05) is 59.9 Å². The van der Waals surface area contributed by atoms with Crippen LogP contribution in [0.3, 0.4) is 0 Å². The molecular weight excluding hydrogens is 188 g/mol. The van der Waals surface area contributed by atoms with E-state index in [9.17, 15) is 0 Å². The zero-order valence-corrected chi connectivity index (χ0v) is 10.1. The van der Waals surface area contributed by atoms with E-state index in [1.54, 1.807) is 0 Å². The molecule has 2 N–H and O–H groups in total. The molecule has 4 heteroatoms. The van der Waals surface area contributed by atoms with E-state index < -0.39 is 0 Å². The summed E-state index contributed by atoms with van der Waals surface area (Å²) in [4.78, 5) is 2.61. The minimum Gasteiger partial charge on any atom is -0.325 e. The van der Waals surface area contributed by atoms with Crippen molar-refractivity contribution in [2.45, 2.75) is 12.6 Å². The molecule has 0 radical (unpaired) electrons. The minimum absolute atomic E-state index is 0.591. The normalized spacial score (nSPS) is 33.6. The first kappa shape index (κ1) is 11.3. The highest BCUT2D eigenvalue weighted by molar-refractivity contribution is 4.75. The number of hydrogen-bond acceptors (Lipinski definition) is 3. The monoisotopic (exact) mass is 213 g/mol. The lowest BCUT2D eigenvalue weighted by Crippen LogP contribution is -2.64. The smallest absolute Gasteiger partial charge is 0.111 e. The number of hydrogen-bond donors (Lipinski definition) is 2. The molecule has 0 aliphatic carbocycles. The molecule has 2 aliphatic rings. The van der Waals surface area contributed by atoms with E-state index in [-0.39, 0.29) is 0 Å². The molecule has 0 aromatic carbocycles. The number of piperazine rings is 1. The van der Waals surface area contributed by atoms with E-state index in [0.717, 1.165) is 17.6 Å². The highest BCUT2D eigenvalue weighted by Crippen LogP contribution is 2.09. The highest BCUT2D eigenvalue weighted by atomic mass is 15.4. The Morgan fingerprint density at radius 3 is 2.80 bits per heavy atom. The first-order valence-corrected chi connectivity index (χ1v) is 6.18. The van der Waals surface area contributed by atoms with E-state index in [0.29, 0.717) is 6.17 Å². The standard InChI is InChI=1S/C11H25N4/c1-15(2)9-6-13-11(10-15)14-7-3-4-12-5-8-14/h11-13H,3-10H2,1-2H3/q+1. The molecular formula is C11H25N4+. The van der Waals surface area contributed by atoms with Gasteiger partial charge in [0.2, 0.25) is 0 Å². The van der Waals surface area contributed by atoms with Crippen LogP contribution in [0.2, 0.25) is 0 Å². The van der Waals surface area contributed by atoms with Crippen molar-refractivity contribution in [3.05, 3.63) is 0 Å². The Kier molecular flexibility index (Phi) is 3.61. The summed E-state index contributed by atoms with van der Waals surface area (Å²) in [6, 6.07) is 0. The van der Waals surface area contributed by atoms with Gasteiger partial charge in [0.15, 0.2) is 0 Å². The molecule has 4 nitrogen and oxygen atoms in total. The van der Waals surface area contributed by atoms with Crippen molar-refractivity contribution in [1.29, 1.82) is 0 Å². The fourth-order valence-electron chi connectivity index (χ4n) is 2.58. The predicted octanol–water partition coefficient (Wildman–Crippen LogP) is -0.713. The Bertz CT molecular complexity index is 197. The zero-order chi connectivity index (χ0) is 10.7. The number of quaternary nitrogens is 1. The minimum atomic E-state index is 0.591. The maximum Gasteiger partial charge on any atom is 0.111 e. The van der Waals surface area contributed by atoms with Gasteiger partial charge in [0.1, 0.15) is 12.7 Å². The van der Waals surface area contributed by atoms with Crippen molar-refractivity contribution in [1.82, 2.24) is 15.5 Å². The van der Waals surface area contributed by atoms with Gasteiger partial charge in [0, 0.05) is 26.2 Å². The second-order valence-electron chi connectivity index (χ2n) is 5.45. The number of likely N-dealkylation sites (N-methyl/N-ethyl adjacent to an activating group) is 1. The second-order valence-corrected chi connectivity index (χ2v) is 5.45. The Hall–Kier alpha value is -0.160. The van der Waals surface area contributed by atoms with E-state index in [1.165, 1.54) is 39.1 Å². The molecule has 0 bridgehead atoms. The number of nitrogens with one attached hydrogen (secondary N) is 2. The molecule has 0 spiro atoms. The van der Waals surface area contributed by atoms with Crippen LogP contribution in [0.1, 0.15) is 6.42 Å². The largest absolute Gasteiger partial charge is 0.325 e. The van der Waals surface area contributed by atoms with Crippen LogP contribution in [0.25, 0.3) is 0 Å². The van der Waals surface area contributed by atoms with Crippen LogP contribution in [-0.2, 0) is 0 Å². The topological polar surface area (TPSA) is 27.3 Å². The summed E-state index contributed by atoms with van der Waals surface area (Å²) in [6.07, 6.45) is 1.87. The van der Waals surface area contributed by atoms with Crippen LogP contribution in [0.4, 0.5) is 0 Å². The summed E-state index contributed by atoms with van der Waals surface area (Å²) in [6.45, 7) is 8.40. The van der Waals surface area contributed by atoms with Gasteiger partial charge in [-0.15, -0.1) is 0 Å². The molecule has 2 aliphatic heterocycles. The van der Waals surface area contributed by atoms with Crippen LogP contribution < -0.4 is 10.6 Å². The summed E-state index contributed by atoms with van der Waals surface area (Å²) in [5.41, 5.74) is 0.